The van der Waals surface area contributed by atoms with E-state index in [0.29, 0.717) is 11.5 Å². The maximum atomic E-state index is 11.8. The summed E-state index contributed by atoms with van der Waals surface area (Å²) in [6.07, 6.45) is 1.60. The predicted molar refractivity (Wildman–Crippen MR) is 104 cm³/mol. The van der Waals surface area contributed by atoms with Crippen LogP contribution in [0.15, 0.2) is 24.3 Å². The highest BCUT2D eigenvalue weighted by Crippen LogP contribution is 2.20. The second-order valence-corrected chi connectivity index (χ2v) is 9.32. The van der Waals surface area contributed by atoms with Gasteiger partial charge >= 0.3 is 0 Å². The molecule has 0 aliphatic carbocycles. The van der Waals surface area contributed by atoms with E-state index in [2.05, 4.69) is 15.1 Å². The summed E-state index contributed by atoms with van der Waals surface area (Å²) in [7, 11) is 1.14. The number of nitrogens with zero attached hydrogens (tertiary/aromatic N) is 2. The number of benzene rings is 1. The van der Waals surface area contributed by atoms with E-state index in [0.717, 1.165) is 25.2 Å². The van der Waals surface area contributed by atoms with Crippen molar-refractivity contribution < 1.29 is 8.42 Å². The minimum Gasteiger partial charge on any atom is -0.345 e. The zero-order valence-electron chi connectivity index (χ0n) is 14.7. The summed E-state index contributed by atoms with van der Waals surface area (Å²) in [5.74, 6) is 0.458. The second-order valence-electron chi connectivity index (χ2n) is 6.70. The third-order valence-electron chi connectivity index (χ3n) is 4.22. The van der Waals surface area contributed by atoms with Crippen molar-refractivity contribution >= 4 is 32.9 Å². The Labute approximate surface area is 150 Å². The number of nitrogens with one attached hydrogen (secondary N) is 1. The van der Waals surface area contributed by atoms with Gasteiger partial charge in [-0.25, -0.2) is 8.42 Å². The lowest BCUT2D eigenvalue weighted by atomic mass is 10.2. The van der Waals surface area contributed by atoms with Crippen LogP contribution in [0.2, 0.25) is 0 Å². The summed E-state index contributed by atoms with van der Waals surface area (Å²) in [5.41, 5.74) is 2.13. The van der Waals surface area contributed by atoms with Crippen LogP contribution in [0, 0.1) is 6.92 Å². The lowest BCUT2D eigenvalue weighted by molar-refractivity contribution is 0.306. The van der Waals surface area contributed by atoms with Crippen molar-refractivity contribution in [3.8, 4) is 0 Å². The van der Waals surface area contributed by atoms with Gasteiger partial charge in [0.15, 0.2) is 14.9 Å². The molecule has 1 N–H and O–H groups in total. The molecule has 0 unspecified atom stereocenters. The molecule has 1 aromatic rings. The molecule has 2 rings (SSSR count). The Morgan fingerprint density at radius 1 is 1.25 bits per heavy atom. The Balaban J connectivity index is 2.05. The van der Waals surface area contributed by atoms with E-state index in [1.165, 1.54) is 5.56 Å². The number of anilines is 1. The van der Waals surface area contributed by atoms with Crippen molar-refractivity contribution in [2.75, 3.05) is 44.0 Å². The Morgan fingerprint density at radius 3 is 2.46 bits per heavy atom. The number of thiocarbonyl (C=S) groups is 1. The average molecular weight is 370 g/mol. The van der Waals surface area contributed by atoms with Crippen molar-refractivity contribution in [3.63, 3.8) is 0 Å². The van der Waals surface area contributed by atoms with E-state index in [1.807, 2.05) is 45.3 Å². The van der Waals surface area contributed by atoms with E-state index in [9.17, 15) is 8.42 Å². The number of hydrogen-bond donors (Lipinski definition) is 1. The van der Waals surface area contributed by atoms with Crippen molar-refractivity contribution in [3.05, 3.63) is 29.8 Å². The Hall–Kier alpha value is -1.18. The third kappa shape index (κ3) is 5.72. The molecule has 5 nitrogen and oxygen atoms in total. The quantitative estimate of drug-likeness (QED) is 0.776. The van der Waals surface area contributed by atoms with Crippen LogP contribution in [-0.4, -0.2) is 68.1 Å². The fourth-order valence-electron chi connectivity index (χ4n) is 2.86. The van der Waals surface area contributed by atoms with Gasteiger partial charge < -0.3 is 15.1 Å². The van der Waals surface area contributed by atoms with Crippen LogP contribution >= 0.6 is 12.2 Å². The molecule has 24 heavy (non-hydrogen) atoms. The van der Waals surface area contributed by atoms with Gasteiger partial charge in [0.2, 0.25) is 0 Å². The van der Waals surface area contributed by atoms with Crippen LogP contribution in [0.3, 0.4) is 0 Å². The van der Waals surface area contributed by atoms with Gasteiger partial charge in [0, 0.05) is 18.3 Å². The highest BCUT2D eigenvalue weighted by Gasteiger charge is 2.33. The smallest absolute Gasteiger partial charge is 0.173 e. The lowest BCUT2D eigenvalue weighted by Crippen LogP contribution is -2.44. The molecule has 0 saturated carbocycles. The molecular formula is C17H27N3O2S2. The Kier molecular flexibility index (Phi) is 6.60. The molecule has 1 aliphatic heterocycles. The molecule has 1 saturated heterocycles. The van der Waals surface area contributed by atoms with Crippen molar-refractivity contribution in [2.45, 2.75) is 25.8 Å². The fraction of sp³-hybridized carbons (Fsp3) is 0.588. The van der Waals surface area contributed by atoms with Gasteiger partial charge in [-0.1, -0.05) is 17.7 Å². The summed E-state index contributed by atoms with van der Waals surface area (Å²) < 4.78 is 23.7. The Bertz CT molecular complexity index is 657. The molecular weight excluding hydrogens is 342 g/mol. The first-order valence-electron chi connectivity index (χ1n) is 8.26. The van der Waals surface area contributed by atoms with Crippen molar-refractivity contribution in [2.24, 2.45) is 0 Å². The number of rotatable bonds is 6. The van der Waals surface area contributed by atoms with Crippen LogP contribution < -0.4 is 5.32 Å². The molecule has 0 amide bonds. The number of aryl methyl sites for hydroxylation is 1. The monoisotopic (exact) mass is 369 g/mol. The maximum Gasteiger partial charge on any atom is 0.173 e. The zero-order chi connectivity index (χ0) is 17.7. The normalized spacial score (nSPS) is 19.4. The van der Waals surface area contributed by atoms with Gasteiger partial charge in [0.1, 0.15) is 0 Å². The van der Waals surface area contributed by atoms with Gasteiger partial charge in [-0.2, -0.15) is 0 Å². The number of hydrogen-bond acceptors (Lipinski definition) is 4. The molecule has 1 heterocycles. The van der Waals surface area contributed by atoms with E-state index >= 15 is 0 Å². The largest absolute Gasteiger partial charge is 0.345 e. The highest BCUT2D eigenvalue weighted by atomic mass is 32.2. The van der Waals surface area contributed by atoms with Gasteiger partial charge in [0.05, 0.1) is 11.5 Å². The lowest BCUT2D eigenvalue weighted by Gasteiger charge is -2.31. The van der Waals surface area contributed by atoms with Crippen LogP contribution in [0.5, 0.6) is 0 Å². The maximum absolute atomic E-state index is 11.8. The molecule has 1 atom stereocenters. The molecule has 0 radical (unpaired) electrons. The van der Waals surface area contributed by atoms with Crippen LogP contribution in [-0.2, 0) is 9.84 Å². The van der Waals surface area contributed by atoms with E-state index < -0.39 is 9.84 Å². The SMILES string of the molecule is Cc1ccc(NC(=S)N(CCCN(C)C)[C@@H]2CCS(=O)(=O)C2)cc1. The summed E-state index contributed by atoms with van der Waals surface area (Å²) in [4.78, 5) is 4.18. The summed E-state index contributed by atoms with van der Waals surface area (Å²) >= 11 is 5.59. The molecule has 0 aromatic heterocycles. The summed E-state index contributed by atoms with van der Waals surface area (Å²) in [6, 6.07) is 8.02. The minimum absolute atomic E-state index is 0.0254. The molecule has 0 spiro atoms. The zero-order valence-corrected chi connectivity index (χ0v) is 16.3. The van der Waals surface area contributed by atoms with E-state index in [-0.39, 0.29) is 17.5 Å². The first-order valence-corrected chi connectivity index (χ1v) is 10.5. The minimum atomic E-state index is -2.93. The van der Waals surface area contributed by atoms with Gasteiger partial charge in [0.25, 0.3) is 0 Å². The van der Waals surface area contributed by atoms with Crippen LogP contribution in [0.4, 0.5) is 5.69 Å². The van der Waals surface area contributed by atoms with Gasteiger partial charge in [-0.15, -0.1) is 0 Å². The first kappa shape index (κ1) is 19.1. The summed E-state index contributed by atoms with van der Waals surface area (Å²) in [5, 5.41) is 3.87. The molecule has 134 valence electrons. The topological polar surface area (TPSA) is 52.6 Å². The molecule has 1 aromatic carbocycles. The highest BCUT2D eigenvalue weighted by molar-refractivity contribution is 7.91. The average Bonchev–Trinajstić information content (AvgIpc) is 2.85. The third-order valence-corrected chi connectivity index (χ3v) is 6.30. The predicted octanol–water partition coefficient (Wildman–Crippen LogP) is 2.13. The molecule has 0 bridgehead atoms. The molecule has 1 aliphatic rings. The number of sulfone groups is 1. The fourth-order valence-corrected chi connectivity index (χ4v) is 4.95. The second kappa shape index (κ2) is 8.27. The standard InChI is InChI=1S/C17H27N3O2S2/c1-14-5-7-15(8-6-14)18-17(23)20(11-4-10-19(2)3)16-9-12-24(21,22)13-16/h5-8,16H,4,9-13H2,1-3H3,(H,18,23)/t16-/m1/s1. The molecule has 1 fully saturated rings. The van der Waals surface area contributed by atoms with Crippen LogP contribution in [0.25, 0.3) is 0 Å². The van der Waals surface area contributed by atoms with Gasteiger partial charge in [-0.05, 0) is 64.8 Å². The van der Waals surface area contributed by atoms with Crippen LogP contribution in [0.1, 0.15) is 18.4 Å². The van der Waals surface area contributed by atoms with Crippen molar-refractivity contribution in [1.29, 1.82) is 0 Å². The van der Waals surface area contributed by atoms with E-state index in [1.54, 1.807) is 0 Å². The molecule has 7 heteroatoms. The Morgan fingerprint density at radius 2 is 1.92 bits per heavy atom. The van der Waals surface area contributed by atoms with Crippen molar-refractivity contribution in [1.82, 2.24) is 9.80 Å². The summed E-state index contributed by atoms with van der Waals surface area (Å²) in [6.45, 7) is 3.75. The van der Waals surface area contributed by atoms with Gasteiger partial charge in [-0.3, -0.25) is 0 Å². The van der Waals surface area contributed by atoms with E-state index in [4.69, 9.17) is 12.2 Å². The first-order chi connectivity index (χ1) is 11.3.